The van der Waals surface area contributed by atoms with E-state index in [4.69, 9.17) is 0 Å². The van der Waals surface area contributed by atoms with Crippen LogP contribution in [0.5, 0.6) is 0 Å². The van der Waals surface area contributed by atoms with Gasteiger partial charge in [-0.3, -0.25) is 0 Å². The van der Waals surface area contributed by atoms with Gasteiger partial charge in [0.25, 0.3) is 0 Å². The first kappa shape index (κ1) is 15.9. The van der Waals surface area contributed by atoms with E-state index in [2.05, 4.69) is 61.5 Å². The van der Waals surface area contributed by atoms with Crippen LogP contribution in [0.1, 0.15) is 28.7 Å². The second kappa shape index (κ2) is 7.04. The highest BCUT2D eigenvalue weighted by Gasteiger charge is 2.18. The molecule has 0 N–H and O–H groups in total. The van der Waals surface area contributed by atoms with Crippen LogP contribution in [0.4, 0.5) is 0 Å². The van der Waals surface area contributed by atoms with Crippen molar-refractivity contribution in [2.24, 2.45) is 0 Å². The van der Waals surface area contributed by atoms with Gasteiger partial charge in [-0.2, -0.15) is 5.26 Å². The van der Waals surface area contributed by atoms with E-state index < -0.39 is 0 Å². The molecule has 2 nitrogen and oxygen atoms in total. The average Bonchev–Trinajstić information content (AvgIpc) is 2.71. The first-order valence-corrected chi connectivity index (χ1v) is 8.78. The first-order valence-electron chi connectivity index (χ1n) is 7.79. The Bertz CT molecular complexity index is 784. The Hall–Kier alpha value is -2.02. The summed E-state index contributed by atoms with van der Waals surface area (Å²) < 4.78 is 0. The van der Waals surface area contributed by atoms with Gasteiger partial charge in [-0.1, -0.05) is 30.3 Å². The number of fused-ring (bicyclic) bond motifs is 2. The summed E-state index contributed by atoms with van der Waals surface area (Å²) in [4.78, 5) is 3.51. The van der Waals surface area contributed by atoms with Gasteiger partial charge >= 0.3 is 0 Å². The van der Waals surface area contributed by atoms with E-state index in [1.807, 2.05) is 23.9 Å². The lowest BCUT2D eigenvalue weighted by molar-refractivity contribution is 0.417. The monoisotopic (exact) mass is 320 g/mol. The Morgan fingerprint density at radius 1 is 1.17 bits per heavy atom. The molecule has 0 atom stereocenters. The number of rotatable bonds is 3. The Morgan fingerprint density at radius 2 is 2.00 bits per heavy atom. The molecule has 0 aliphatic carbocycles. The van der Waals surface area contributed by atoms with E-state index in [1.165, 1.54) is 27.2 Å². The van der Waals surface area contributed by atoms with Crippen molar-refractivity contribution in [2.75, 3.05) is 20.6 Å². The third-order valence-electron chi connectivity index (χ3n) is 4.01. The molecule has 0 fully saturated rings. The van der Waals surface area contributed by atoms with Crippen LogP contribution in [0.2, 0.25) is 0 Å². The van der Waals surface area contributed by atoms with Crippen LogP contribution in [0.3, 0.4) is 0 Å². The van der Waals surface area contributed by atoms with E-state index >= 15 is 0 Å². The van der Waals surface area contributed by atoms with Crippen molar-refractivity contribution >= 4 is 17.3 Å². The summed E-state index contributed by atoms with van der Waals surface area (Å²) in [6, 6.07) is 16.9. The lowest BCUT2D eigenvalue weighted by atomic mass is 9.92. The van der Waals surface area contributed by atoms with Gasteiger partial charge in [-0.25, -0.2) is 0 Å². The van der Waals surface area contributed by atoms with Gasteiger partial charge in [0.05, 0.1) is 11.6 Å². The minimum atomic E-state index is 0.728. The average molecular weight is 320 g/mol. The molecule has 0 saturated carbocycles. The highest BCUT2D eigenvalue weighted by molar-refractivity contribution is 7.98. The summed E-state index contributed by atoms with van der Waals surface area (Å²) in [5.41, 5.74) is 5.79. The number of nitriles is 1. The quantitative estimate of drug-likeness (QED) is 0.830. The van der Waals surface area contributed by atoms with Gasteiger partial charge in [0, 0.05) is 17.2 Å². The number of benzene rings is 2. The fourth-order valence-corrected chi connectivity index (χ4v) is 3.90. The molecule has 2 aromatic carbocycles. The van der Waals surface area contributed by atoms with Gasteiger partial charge in [0.1, 0.15) is 0 Å². The zero-order valence-corrected chi connectivity index (χ0v) is 14.4. The largest absolute Gasteiger partial charge is 0.309 e. The van der Waals surface area contributed by atoms with Gasteiger partial charge in [-0.15, -0.1) is 11.8 Å². The smallest absolute Gasteiger partial charge is 0.0991 e. The van der Waals surface area contributed by atoms with Gasteiger partial charge in [0.15, 0.2) is 0 Å². The number of thioether (sulfide) groups is 1. The number of nitrogens with zero attached hydrogens (tertiary/aromatic N) is 2. The topological polar surface area (TPSA) is 27.0 Å². The Kier molecular flexibility index (Phi) is 4.85. The van der Waals surface area contributed by atoms with Crippen LogP contribution >= 0.6 is 11.8 Å². The molecule has 2 aromatic rings. The fourth-order valence-electron chi connectivity index (χ4n) is 2.83. The van der Waals surface area contributed by atoms with Crippen LogP contribution in [0, 0.1) is 11.3 Å². The highest BCUT2D eigenvalue weighted by Crippen LogP contribution is 2.40. The summed E-state index contributed by atoms with van der Waals surface area (Å²) in [6.07, 6.45) is 3.32. The molecular formula is C20H20N2S. The van der Waals surface area contributed by atoms with Crippen molar-refractivity contribution in [1.82, 2.24) is 4.90 Å². The molecule has 0 bridgehead atoms. The van der Waals surface area contributed by atoms with E-state index in [0.717, 1.165) is 24.3 Å². The molecule has 3 heteroatoms. The third-order valence-corrected chi connectivity index (χ3v) is 5.14. The maximum absolute atomic E-state index is 9.26. The minimum absolute atomic E-state index is 0.728. The predicted octanol–water partition coefficient (Wildman–Crippen LogP) is 4.55. The molecule has 3 rings (SSSR count). The second-order valence-corrected chi connectivity index (χ2v) is 7.00. The fraction of sp³-hybridized carbons (Fsp3) is 0.250. The Morgan fingerprint density at radius 3 is 2.78 bits per heavy atom. The van der Waals surface area contributed by atoms with Crippen molar-refractivity contribution in [3.63, 3.8) is 0 Å². The normalized spacial score (nSPS) is 15.0. The molecule has 0 unspecified atom stereocenters. The summed E-state index contributed by atoms with van der Waals surface area (Å²) in [7, 11) is 4.19. The van der Waals surface area contributed by atoms with Crippen LogP contribution in [-0.4, -0.2) is 25.5 Å². The first-order chi connectivity index (χ1) is 11.2. The van der Waals surface area contributed by atoms with Gasteiger partial charge in [-0.05, 0) is 61.0 Å². The maximum atomic E-state index is 9.26. The molecular weight excluding hydrogens is 300 g/mol. The molecule has 116 valence electrons. The number of hydrogen-bond donors (Lipinski definition) is 0. The Labute approximate surface area is 142 Å². The maximum Gasteiger partial charge on any atom is 0.0991 e. The molecule has 1 heterocycles. The van der Waals surface area contributed by atoms with Crippen molar-refractivity contribution in [2.45, 2.75) is 17.1 Å². The van der Waals surface area contributed by atoms with Crippen LogP contribution in [-0.2, 0) is 5.75 Å². The van der Waals surface area contributed by atoms with E-state index in [-0.39, 0.29) is 0 Å². The van der Waals surface area contributed by atoms with Crippen LogP contribution in [0.15, 0.2) is 53.4 Å². The van der Waals surface area contributed by atoms with Crippen molar-refractivity contribution < 1.29 is 0 Å². The molecule has 1 aliphatic heterocycles. The van der Waals surface area contributed by atoms with Gasteiger partial charge < -0.3 is 4.90 Å². The van der Waals surface area contributed by atoms with Crippen molar-refractivity contribution in [1.29, 1.82) is 5.26 Å². The van der Waals surface area contributed by atoms with Crippen LogP contribution < -0.4 is 0 Å². The highest BCUT2D eigenvalue weighted by atomic mass is 32.2. The Balaban J connectivity index is 2.12. The molecule has 0 saturated heterocycles. The van der Waals surface area contributed by atoms with Gasteiger partial charge in [0.2, 0.25) is 0 Å². The molecule has 0 amide bonds. The van der Waals surface area contributed by atoms with Crippen molar-refractivity contribution in [3.8, 4) is 6.07 Å². The summed E-state index contributed by atoms with van der Waals surface area (Å²) in [6.45, 7) is 1.02. The second-order valence-electron chi connectivity index (χ2n) is 5.98. The number of hydrogen-bond acceptors (Lipinski definition) is 3. The lowest BCUT2D eigenvalue weighted by Gasteiger charge is -2.13. The van der Waals surface area contributed by atoms with E-state index in [1.54, 1.807) is 0 Å². The van der Waals surface area contributed by atoms with Crippen LogP contribution in [0.25, 0.3) is 5.57 Å². The standard InChI is InChI=1S/C20H20N2S/c1-22(2)11-5-7-17-18-6-3-4-8-20(18)23-14-16-10-9-15(13-21)12-19(16)17/h3-4,6-10,12H,5,11,14H2,1-2H3. The summed E-state index contributed by atoms with van der Waals surface area (Å²) in [5.74, 6) is 0.947. The summed E-state index contributed by atoms with van der Waals surface area (Å²) >= 11 is 1.88. The SMILES string of the molecule is CN(C)CCC=C1c2cc(C#N)ccc2CSc2ccccc21. The molecule has 0 spiro atoms. The molecule has 1 aliphatic rings. The third kappa shape index (κ3) is 3.50. The van der Waals surface area contributed by atoms with Crippen molar-refractivity contribution in [3.05, 3.63) is 70.8 Å². The predicted molar refractivity (Wildman–Crippen MR) is 97.4 cm³/mol. The lowest BCUT2D eigenvalue weighted by Crippen LogP contribution is -2.12. The zero-order valence-electron chi connectivity index (χ0n) is 13.5. The molecule has 23 heavy (non-hydrogen) atoms. The minimum Gasteiger partial charge on any atom is -0.309 e. The van der Waals surface area contributed by atoms with E-state index in [0.29, 0.717) is 0 Å². The summed E-state index contributed by atoms with van der Waals surface area (Å²) in [5, 5.41) is 9.26. The zero-order chi connectivity index (χ0) is 16.2. The molecule has 0 aromatic heterocycles. The molecule has 0 radical (unpaired) electrons. The van der Waals surface area contributed by atoms with E-state index in [9.17, 15) is 5.26 Å².